The summed E-state index contributed by atoms with van der Waals surface area (Å²) in [7, 11) is 0. The highest BCUT2D eigenvalue weighted by Crippen LogP contribution is 2.24. The SMILES string of the molecule is CC(C)N(Cc1ccc(Cl)c(Cl)c1)C(=O)c1csc(CN)n1.Cl. The van der Waals surface area contributed by atoms with E-state index in [4.69, 9.17) is 28.9 Å². The predicted octanol–water partition coefficient (Wildman–Crippen LogP) is 4.38. The lowest BCUT2D eigenvalue weighted by atomic mass is 10.1. The number of hydrogen-bond acceptors (Lipinski definition) is 4. The molecule has 0 spiro atoms. The van der Waals surface area contributed by atoms with Gasteiger partial charge in [0.15, 0.2) is 0 Å². The van der Waals surface area contributed by atoms with Crippen LogP contribution in [-0.4, -0.2) is 21.8 Å². The number of thiazole rings is 1. The quantitative estimate of drug-likeness (QED) is 0.818. The third kappa shape index (κ3) is 5.06. The molecule has 0 aliphatic carbocycles. The maximum absolute atomic E-state index is 12.6. The van der Waals surface area contributed by atoms with Gasteiger partial charge in [0.25, 0.3) is 5.91 Å². The highest BCUT2D eigenvalue weighted by atomic mass is 35.5. The molecule has 1 heterocycles. The molecule has 126 valence electrons. The molecule has 0 unspecified atom stereocenters. The van der Waals surface area contributed by atoms with Gasteiger partial charge in [-0.15, -0.1) is 23.7 Å². The van der Waals surface area contributed by atoms with E-state index in [1.807, 2.05) is 19.9 Å². The highest BCUT2D eigenvalue weighted by Gasteiger charge is 2.21. The number of rotatable bonds is 5. The Morgan fingerprint density at radius 3 is 2.57 bits per heavy atom. The largest absolute Gasteiger partial charge is 0.331 e. The van der Waals surface area contributed by atoms with Gasteiger partial charge in [0.1, 0.15) is 10.7 Å². The molecule has 0 aliphatic rings. The second-order valence-corrected chi connectivity index (χ2v) is 6.86. The number of carbonyl (C=O) groups is 1. The van der Waals surface area contributed by atoms with Gasteiger partial charge in [0.05, 0.1) is 10.0 Å². The first-order valence-corrected chi connectivity index (χ1v) is 8.45. The molecule has 0 fully saturated rings. The van der Waals surface area contributed by atoms with Crippen molar-refractivity contribution in [2.24, 2.45) is 5.73 Å². The maximum atomic E-state index is 12.6. The van der Waals surface area contributed by atoms with Gasteiger partial charge in [0, 0.05) is 24.5 Å². The number of amides is 1. The third-order valence-electron chi connectivity index (χ3n) is 3.17. The van der Waals surface area contributed by atoms with Crippen LogP contribution in [0.1, 0.15) is 34.9 Å². The molecule has 23 heavy (non-hydrogen) atoms. The summed E-state index contributed by atoms with van der Waals surface area (Å²) in [5, 5.41) is 3.48. The van der Waals surface area contributed by atoms with E-state index in [1.165, 1.54) is 11.3 Å². The van der Waals surface area contributed by atoms with E-state index in [2.05, 4.69) is 4.98 Å². The lowest BCUT2D eigenvalue weighted by molar-refractivity contribution is 0.0685. The van der Waals surface area contributed by atoms with Gasteiger partial charge in [0.2, 0.25) is 0 Å². The molecule has 2 aromatic rings. The van der Waals surface area contributed by atoms with Crippen molar-refractivity contribution in [2.75, 3.05) is 0 Å². The molecule has 0 saturated carbocycles. The first kappa shape index (κ1) is 20.2. The average molecular weight is 395 g/mol. The normalized spacial score (nSPS) is 10.5. The average Bonchev–Trinajstić information content (AvgIpc) is 2.96. The van der Waals surface area contributed by atoms with Crippen LogP contribution in [0.25, 0.3) is 0 Å². The van der Waals surface area contributed by atoms with Crippen LogP contribution >= 0.6 is 46.9 Å². The Morgan fingerprint density at radius 2 is 2.04 bits per heavy atom. The van der Waals surface area contributed by atoms with Gasteiger partial charge in [-0.3, -0.25) is 4.79 Å². The molecule has 0 aliphatic heterocycles. The van der Waals surface area contributed by atoms with Gasteiger partial charge in [-0.2, -0.15) is 0 Å². The smallest absolute Gasteiger partial charge is 0.273 e. The van der Waals surface area contributed by atoms with Gasteiger partial charge >= 0.3 is 0 Å². The molecule has 1 aromatic heterocycles. The topological polar surface area (TPSA) is 59.2 Å². The van der Waals surface area contributed by atoms with Crippen LogP contribution in [-0.2, 0) is 13.1 Å². The number of hydrogen-bond donors (Lipinski definition) is 1. The zero-order chi connectivity index (χ0) is 16.3. The summed E-state index contributed by atoms with van der Waals surface area (Å²) >= 11 is 13.4. The molecule has 4 nitrogen and oxygen atoms in total. The molecule has 0 bridgehead atoms. The molecule has 0 radical (unpaired) electrons. The Bertz CT molecular complexity index is 676. The highest BCUT2D eigenvalue weighted by molar-refractivity contribution is 7.09. The Labute approximate surface area is 156 Å². The van der Waals surface area contributed by atoms with Crippen molar-refractivity contribution in [2.45, 2.75) is 33.0 Å². The number of carbonyl (C=O) groups excluding carboxylic acids is 1. The Hall–Kier alpha value is -0.850. The van der Waals surface area contributed by atoms with E-state index in [1.54, 1.807) is 22.4 Å². The Morgan fingerprint density at radius 1 is 1.35 bits per heavy atom. The van der Waals surface area contributed by atoms with Crippen LogP contribution in [0, 0.1) is 0 Å². The van der Waals surface area contributed by atoms with Crippen molar-refractivity contribution in [3.05, 3.63) is 49.9 Å². The van der Waals surface area contributed by atoms with Gasteiger partial charge < -0.3 is 10.6 Å². The molecule has 2 rings (SSSR count). The van der Waals surface area contributed by atoms with E-state index in [9.17, 15) is 4.79 Å². The van der Waals surface area contributed by atoms with E-state index < -0.39 is 0 Å². The summed E-state index contributed by atoms with van der Waals surface area (Å²) in [5.74, 6) is -0.114. The minimum absolute atomic E-state index is 0. The number of nitrogens with zero attached hydrogens (tertiary/aromatic N) is 2. The van der Waals surface area contributed by atoms with E-state index >= 15 is 0 Å². The van der Waals surface area contributed by atoms with Crippen molar-refractivity contribution in [1.29, 1.82) is 0 Å². The minimum Gasteiger partial charge on any atom is -0.331 e. The van der Waals surface area contributed by atoms with Crippen LogP contribution in [0.15, 0.2) is 23.6 Å². The van der Waals surface area contributed by atoms with Gasteiger partial charge in [-0.1, -0.05) is 29.3 Å². The van der Waals surface area contributed by atoms with Crippen molar-refractivity contribution in [3.63, 3.8) is 0 Å². The van der Waals surface area contributed by atoms with Crippen LogP contribution < -0.4 is 5.73 Å². The summed E-state index contributed by atoms with van der Waals surface area (Å²) in [6, 6.07) is 5.41. The predicted molar refractivity (Wildman–Crippen MR) is 98.7 cm³/mol. The number of benzene rings is 1. The first-order valence-electron chi connectivity index (χ1n) is 6.81. The van der Waals surface area contributed by atoms with E-state index in [-0.39, 0.29) is 24.4 Å². The Kier molecular flexibility index (Phi) is 7.77. The van der Waals surface area contributed by atoms with E-state index in [0.29, 0.717) is 28.8 Å². The molecule has 1 aromatic carbocycles. The lowest BCUT2D eigenvalue weighted by Crippen LogP contribution is -2.36. The molecular weight excluding hydrogens is 377 g/mol. The second-order valence-electron chi connectivity index (χ2n) is 5.11. The number of halogens is 3. The minimum atomic E-state index is -0.114. The summed E-state index contributed by atoms with van der Waals surface area (Å²) in [4.78, 5) is 18.6. The van der Waals surface area contributed by atoms with Crippen LogP contribution in [0.2, 0.25) is 10.0 Å². The number of aromatic nitrogens is 1. The van der Waals surface area contributed by atoms with E-state index in [0.717, 1.165) is 10.6 Å². The first-order chi connectivity index (χ1) is 10.4. The zero-order valence-electron chi connectivity index (χ0n) is 12.8. The van der Waals surface area contributed by atoms with Crippen LogP contribution in [0.4, 0.5) is 0 Å². The van der Waals surface area contributed by atoms with Crippen molar-refractivity contribution < 1.29 is 4.79 Å². The van der Waals surface area contributed by atoms with Crippen LogP contribution in [0.5, 0.6) is 0 Å². The standard InChI is InChI=1S/C15H17Cl2N3OS.ClH/c1-9(2)20(7-10-3-4-11(16)12(17)5-10)15(21)13-8-22-14(6-18)19-13;/h3-5,8-9H,6-7,18H2,1-2H3;1H. The summed E-state index contributed by atoms with van der Waals surface area (Å²) in [6.07, 6.45) is 0. The monoisotopic (exact) mass is 393 g/mol. The van der Waals surface area contributed by atoms with Crippen molar-refractivity contribution in [3.8, 4) is 0 Å². The molecule has 1 amide bonds. The fraction of sp³-hybridized carbons (Fsp3) is 0.333. The van der Waals surface area contributed by atoms with Crippen molar-refractivity contribution >= 4 is 52.9 Å². The van der Waals surface area contributed by atoms with Crippen LogP contribution in [0.3, 0.4) is 0 Å². The number of nitrogens with two attached hydrogens (primary N) is 1. The maximum Gasteiger partial charge on any atom is 0.273 e. The molecule has 2 N–H and O–H groups in total. The Balaban J connectivity index is 0.00000264. The third-order valence-corrected chi connectivity index (χ3v) is 4.78. The molecule has 0 atom stereocenters. The molecular formula is C15H18Cl3N3OS. The zero-order valence-corrected chi connectivity index (χ0v) is 15.9. The summed E-state index contributed by atoms with van der Waals surface area (Å²) in [6.45, 7) is 4.71. The van der Waals surface area contributed by atoms with Crippen molar-refractivity contribution in [1.82, 2.24) is 9.88 Å². The molecule has 0 saturated heterocycles. The summed E-state index contributed by atoms with van der Waals surface area (Å²) < 4.78 is 0. The lowest BCUT2D eigenvalue weighted by Gasteiger charge is -2.26. The summed E-state index contributed by atoms with van der Waals surface area (Å²) in [5.41, 5.74) is 6.90. The van der Waals surface area contributed by atoms with Gasteiger partial charge in [-0.25, -0.2) is 4.98 Å². The van der Waals surface area contributed by atoms with Gasteiger partial charge in [-0.05, 0) is 31.5 Å². The fourth-order valence-electron chi connectivity index (χ4n) is 1.97. The molecule has 8 heteroatoms. The fourth-order valence-corrected chi connectivity index (χ4v) is 2.94. The second kappa shape index (κ2) is 8.85.